The van der Waals surface area contributed by atoms with Gasteiger partial charge in [-0.25, -0.2) is 0 Å². The summed E-state index contributed by atoms with van der Waals surface area (Å²) in [5, 5.41) is 14.1. The Labute approximate surface area is 173 Å². The molecule has 1 atom stereocenters. The van der Waals surface area contributed by atoms with E-state index in [1.54, 1.807) is 6.92 Å². The smallest absolute Gasteiger partial charge is 0.217 e. The van der Waals surface area contributed by atoms with Gasteiger partial charge in [0.15, 0.2) is 0 Å². The molecule has 1 fully saturated rings. The number of β-amino-alcohol motifs (C(OH)–C–C–N with tert-alkyl or cyclic N) is 1. The number of nitrogens with zero attached hydrogens (tertiary/aromatic N) is 1. The molecule has 0 aromatic heterocycles. The number of hydrogen-bond acceptors (Lipinski definition) is 3. The van der Waals surface area contributed by atoms with Crippen molar-refractivity contribution in [2.75, 3.05) is 19.6 Å². The Hall–Kier alpha value is -2.17. The first-order valence-corrected chi connectivity index (χ1v) is 10.9. The monoisotopic (exact) mass is 392 g/mol. The molecule has 154 valence electrons. The maximum Gasteiger partial charge on any atom is 0.217 e. The molecule has 2 aliphatic rings. The van der Waals surface area contributed by atoms with Gasteiger partial charge in [0.1, 0.15) is 0 Å². The molecule has 1 amide bonds. The van der Waals surface area contributed by atoms with Crippen LogP contribution < -0.4 is 5.32 Å². The van der Waals surface area contributed by atoms with Crippen molar-refractivity contribution >= 4 is 5.91 Å². The van der Waals surface area contributed by atoms with Crippen LogP contribution in [0.2, 0.25) is 0 Å². The lowest BCUT2D eigenvalue weighted by molar-refractivity contribution is -0.121. The molecule has 2 aromatic carbocycles. The predicted octanol–water partition coefficient (Wildman–Crippen LogP) is 3.73. The average molecular weight is 393 g/mol. The van der Waals surface area contributed by atoms with E-state index < -0.39 is 6.10 Å². The summed E-state index contributed by atoms with van der Waals surface area (Å²) in [7, 11) is 0. The lowest BCUT2D eigenvalue weighted by Crippen LogP contribution is -2.53. The molecule has 4 rings (SSSR count). The van der Waals surface area contributed by atoms with Crippen LogP contribution in [0.15, 0.2) is 48.5 Å². The minimum absolute atomic E-state index is 0.0106. The van der Waals surface area contributed by atoms with Gasteiger partial charge in [-0.1, -0.05) is 48.5 Å². The summed E-state index contributed by atoms with van der Waals surface area (Å²) in [5.74, 6) is 0.0106. The minimum atomic E-state index is -0.466. The van der Waals surface area contributed by atoms with Gasteiger partial charge in [-0.15, -0.1) is 0 Å². The van der Waals surface area contributed by atoms with E-state index in [0.717, 1.165) is 37.9 Å². The van der Waals surface area contributed by atoms with Crippen molar-refractivity contribution in [3.8, 4) is 0 Å². The van der Waals surface area contributed by atoms with Crippen molar-refractivity contribution in [3.63, 3.8) is 0 Å². The third-order valence-electron chi connectivity index (χ3n) is 6.64. The first-order chi connectivity index (χ1) is 14.1. The van der Waals surface area contributed by atoms with Crippen LogP contribution in [0.3, 0.4) is 0 Å². The normalized spacial score (nSPS) is 19.9. The molecule has 4 heteroatoms. The zero-order chi connectivity index (χ0) is 20.3. The highest BCUT2D eigenvalue weighted by atomic mass is 16.3. The molecular formula is C25H32N2O2. The zero-order valence-electron chi connectivity index (χ0n) is 17.4. The zero-order valence-corrected chi connectivity index (χ0v) is 17.4. The number of piperidine rings is 1. The van der Waals surface area contributed by atoms with Crippen molar-refractivity contribution in [1.29, 1.82) is 0 Å². The number of nitrogens with one attached hydrogen (secondary N) is 1. The summed E-state index contributed by atoms with van der Waals surface area (Å²) >= 11 is 0. The van der Waals surface area contributed by atoms with Crippen molar-refractivity contribution in [1.82, 2.24) is 10.2 Å². The summed E-state index contributed by atoms with van der Waals surface area (Å²) < 4.78 is 0. The maximum atomic E-state index is 11.9. The van der Waals surface area contributed by atoms with Gasteiger partial charge < -0.3 is 15.3 Å². The summed E-state index contributed by atoms with van der Waals surface area (Å²) in [6.07, 6.45) is 6.08. The number of hydrogen-bond donors (Lipinski definition) is 2. The second kappa shape index (κ2) is 8.68. The van der Waals surface area contributed by atoms with Gasteiger partial charge >= 0.3 is 0 Å². The predicted molar refractivity (Wildman–Crippen MR) is 116 cm³/mol. The van der Waals surface area contributed by atoms with Gasteiger partial charge in [0.25, 0.3) is 0 Å². The Kier molecular flexibility index (Phi) is 6.02. The van der Waals surface area contributed by atoms with E-state index in [2.05, 4.69) is 40.5 Å². The molecule has 29 heavy (non-hydrogen) atoms. The van der Waals surface area contributed by atoms with Gasteiger partial charge in [-0.05, 0) is 60.8 Å². The number of aliphatic hydroxyl groups excluding tert-OH is 1. The van der Waals surface area contributed by atoms with Crippen molar-refractivity contribution in [2.24, 2.45) is 0 Å². The molecule has 0 radical (unpaired) electrons. The Balaban J connectivity index is 1.41. The van der Waals surface area contributed by atoms with Crippen LogP contribution in [0.1, 0.15) is 61.0 Å². The van der Waals surface area contributed by atoms with E-state index in [-0.39, 0.29) is 11.4 Å². The molecule has 1 aliphatic carbocycles. The number of carbonyl (C=O) groups is 1. The Morgan fingerprint density at radius 3 is 2.45 bits per heavy atom. The summed E-state index contributed by atoms with van der Waals surface area (Å²) in [6.45, 7) is 3.95. The molecule has 1 saturated heterocycles. The fourth-order valence-electron chi connectivity index (χ4n) is 5.01. The third kappa shape index (κ3) is 4.54. The number of aliphatic hydroxyl groups is 1. The molecule has 2 N–H and O–H groups in total. The number of aryl methyl sites for hydroxylation is 2. The summed E-state index contributed by atoms with van der Waals surface area (Å²) in [4.78, 5) is 14.2. The fourth-order valence-corrected chi connectivity index (χ4v) is 5.01. The summed E-state index contributed by atoms with van der Waals surface area (Å²) in [6, 6.07) is 16.8. The number of fused-ring (bicyclic) bond motifs is 1. The molecule has 0 bridgehead atoms. The highest BCUT2D eigenvalue weighted by molar-refractivity contribution is 5.74. The lowest BCUT2D eigenvalue weighted by atomic mass is 9.80. The second-order valence-electron chi connectivity index (χ2n) is 8.68. The fraction of sp³-hybridized carbons (Fsp3) is 0.480. The van der Waals surface area contributed by atoms with Gasteiger partial charge in [-0.3, -0.25) is 4.79 Å². The van der Waals surface area contributed by atoms with E-state index >= 15 is 0 Å². The van der Waals surface area contributed by atoms with Crippen LogP contribution in [0, 0.1) is 0 Å². The highest BCUT2D eigenvalue weighted by Gasteiger charge is 2.37. The van der Waals surface area contributed by atoms with Crippen LogP contribution in [0.5, 0.6) is 0 Å². The molecule has 0 spiro atoms. The number of carbonyl (C=O) groups excluding carboxylic acids is 1. The topological polar surface area (TPSA) is 52.6 Å². The third-order valence-corrected chi connectivity index (χ3v) is 6.64. The standard InChI is InChI=1S/C25H32N2O2/c1-19(28)26-25(23-9-3-2-4-10-23)13-15-27(16-14-25)18-24(29)22-12-11-20-7-5-6-8-21(20)17-22/h2-4,9-12,17,24,29H,5-8,13-16,18H2,1H3,(H,26,28). The lowest BCUT2D eigenvalue weighted by Gasteiger charge is -2.43. The number of amides is 1. The van der Waals surface area contributed by atoms with E-state index in [9.17, 15) is 9.90 Å². The van der Waals surface area contributed by atoms with Gasteiger partial charge in [-0.2, -0.15) is 0 Å². The average Bonchev–Trinajstić information content (AvgIpc) is 2.75. The summed E-state index contributed by atoms with van der Waals surface area (Å²) in [5.41, 5.74) is 4.77. The largest absolute Gasteiger partial charge is 0.387 e. The molecule has 2 aromatic rings. The number of likely N-dealkylation sites (tertiary alicyclic amines) is 1. The molecule has 1 unspecified atom stereocenters. The van der Waals surface area contributed by atoms with Crippen LogP contribution in [-0.4, -0.2) is 35.5 Å². The van der Waals surface area contributed by atoms with E-state index in [1.807, 2.05) is 18.2 Å². The van der Waals surface area contributed by atoms with E-state index in [0.29, 0.717) is 6.54 Å². The molecule has 1 aliphatic heterocycles. The van der Waals surface area contributed by atoms with Crippen LogP contribution in [0.25, 0.3) is 0 Å². The molecule has 1 heterocycles. The number of benzene rings is 2. The second-order valence-corrected chi connectivity index (χ2v) is 8.68. The SMILES string of the molecule is CC(=O)NC1(c2ccccc2)CCN(CC(O)c2ccc3c(c2)CCCC3)CC1. The van der Waals surface area contributed by atoms with Gasteiger partial charge in [0, 0.05) is 26.6 Å². The Bertz CT molecular complexity index is 841. The molecular weight excluding hydrogens is 360 g/mol. The minimum Gasteiger partial charge on any atom is -0.387 e. The first-order valence-electron chi connectivity index (χ1n) is 10.9. The quantitative estimate of drug-likeness (QED) is 0.815. The van der Waals surface area contributed by atoms with Crippen molar-refractivity contribution in [3.05, 3.63) is 70.8 Å². The molecule has 0 saturated carbocycles. The Morgan fingerprint density at radius 2 is 1.76 bits per heavy atom. The van der Waals surface area contributed by atoms with Crippen LogP contribution in [0.4, 0.5) is 0 Å². The highest BCUT2D eigenvalue weighted by Crippen LogP contribution is 2.34. The van der Waals surface area contributed by atoms with Gasteiger partial charge in [0.05, 0.1) is 11.6 Å². The van der Waals surface area contributed by atoms with Crippen molar-refractivity contribution < 1.29 is 9.90 Å². The Morgan fingerprint density at radius 1 is 1.07 bits per heavy atom. The maximum absolute atomic E-state index is 11.9. The van der Waals surface area contributed by atoms with Crippen LogP contribution in [-0.2, 0) is 23.2 Å². The number of rotatable bonds is 5. The van der Waals surface area contributed by atoms with E-state index in [1.165, 1.54) is 36.0 Å². The van der Waals surface area contributed by atoms with Crippen molar-refractivity contribution in [2.45, 2.75) is 57.1 Å². The van der Waals surface area contributed by atoms with Crippen LogP contribution >= 0.6 is 0 Å². The molecule has 4 nitrogen and oxygen atoms in total. The van der Waals surface area contributed by atoms with E-state index in [4.69, 9.17) is 0 Å². The first kappa shape index (κ1) is 20.1. The van der Waals surface area contributed by atoms with Gasteiger partial charge in [0.2, 0.25) is 5.91 Å².